The number of hydrogen-bond acceptors (Lipinski definition) is 4. The van der Waals surface area contributed by atoms with Crippen LogP contribution in [0.5, 0.6) is 0 Å². The number of pyridine rings is 1. The number of amides is 1. The summed E-state index contributed by atoms with van der Waals surface area (Å²) in [6.07, 6.45) is 1.46. The van der Waals surface area contributed by atoms with E-state index in [1.165, 1.54) is 22.9 Å². The lowest BCUT2D eigenvalue weighted by atomic mass is 10.2. The lowest BCUT2D eigenvalue weighted by molar-refractivity contribution is -0.116. The van der Waals surface area contributed by atoms with Crippen LogP contribution >= 0.6 is 0 Å². The summed E-state index contributed by atoms with van der Waals surface area (Å²) < 4.78 is 1.28. The van der Waals surface area contributed by atoms with Crippen molar-refractivity contribution < 1.29 is 4.79 Å². The zero-order chi connectivity index (χ0) is 15.4. The molecule has 0 unspecified atom stereocenters. The summed E-state index contributed by atoms with van der Waals surface area (Å²) in [5.41, 5.74) is 7.51. The van der Waals surface area contributed by atoms with E-state index < -0.39 is 0 Å². The zero-order valence-corrected chi connectivity index (χ0v) is 12.0. The van der Waals surface area contributed by atoms with Crippen LogP contribution in [0.3, 0.4) is 0 Å². The van der Waals surface area contributed by atoms with Gasteiger partial charge in [-0.1, -0.05) is 0 Å². The van der Waals surface area contributed by atoms with Gasteiger partial charge in [0, 0.05) is 43.4 Å². The molecule has 0 aliphatic rings. The first-order chi connectivity index (χ1) is 9.95. The standard InChI is InChI=1S/C15H18N4O2/c1-18(2)13-6-4-12(5-7-13)17-14(20)10-19-9-11(16)3-8-15(19)21/h3-9H,10,16H2,1-2H3,(H,17,20). The van der Waals surface area contributed by atoms with Gasteiger partial charge in [-0.25, -0.2) is 0 Å². The highest BCUT2D eigenvalue weighted by Gasteiger charge is 2.05. The summed E-state index contributed by atoms with van der Waals surface area (Å²) in [5.74, 6) is -0.277. The van der Waals surface area contributed by atoms with E-state index in [1.807, 2.05) is 43.3 Å². The molecule has 0 bridgehead atoms. The molecule has 0 fully saturated rings. The SMILES string of the molecule is CN(C)c1ccc(NC(=O)Cn2cc(N)ccc2=O)cc1. The van der Waals surface area contributed by atoms with Gasteiger partial charge in [0.25, 0.3) is 5.56 Å². The summed E-state index contributed by atoms with van der Waals surface area (Å²) in [4.78, 5) is 25.5. The smallest absolute Gasteiger partial charge is 0.251 e. The number of hydrogen-bond donors (Lipinski definition) is 2. The molecule has 2 aromatic rings. The third kappa shape index (κ3) is 3.85. The van der Waals surface area contributed by atoms with Crippen LogP contribution in [0, 0.1) is 0 Å². The van der Waals surface area contributed by atoms with Crippen molar-refractivity contribution in [2.24, 2.45) is 0 Å². The number of anilines is 3. The van der Waals surface area contributed by atoms with Gasteiger partial charge < -0.3 is 20.5 Å². The molecule has 0 radical (unpaired) electrons. The van der Waals surface area contributed by atoms with Crippen molar-refractivity contribution in [1.82, 2.24) is 4.57 Å². The van der Waals surface area contributed by atoms with E-state index in [-0.39, 0.29) is 18.0 Å². The lowest BCUT2D eigenvalue weighted by Gasteiger charge is -2.13. The molecular formula is C15H18N4O2. The second-order valence-electron chi connectivity index (χ2n) is 4.92. The maximum atomic E-state index is 11.9. The fourth-order valence-electron chi connectivity index (χ4n) is 1.87. The van der Waals surface area contributed by atoms with E-state index in [9.17, 15) is 9.59 Å². The summed E-state index contributed by atoms with van der Waals surface area (Å²) in [6, 6.07) is 10.3. The minimum absolute atomic E-state index is 0.0701. The number of nitrogens with two attached hydrogens (primary N) is 1. The highest BCUT2D eigenvalue weighted by atomic mass is 16.2. The summed E-state index contributed by atoms with van der Waals surface area (Å²) >= 11 is 0. The molecule has 21 heavy (non-hydrogen) atoms. The van der Waals surface area contributed by atoms with Crippen molar-refractivity contribution in [3.63, 3.8) is 0 Å². The maximum absolute atomic E-state index is 11.9. The molecule has 0 saturated carbocycles. The van der Waals surface area contributed by atoms with E-state index in [1.54, 1.807) is 0 Å². The molecule has 3 N–H and O–H groups in total. The van der Waals surface area contributed by atoms with Gasteiger partial charge in [-0.05, 0) is 30.3 Å². The molecule has 0 aliphatic heterocycles. The number of aromatic nitrogens is 1. The average molecular weight is 286 g/mol. The van der Waals surface area contributed by atoms with Crippen LogP contribution in [-0.4, -0.2) is 24.6 Å². The molecule has 1 aromatic heterocycles. The molecule has 2 rings (SSSR count). The van der Waals surface area contributed by atoms with Crippen LogP contribution in [0.1, 0.15) is 0 Å². The fourth-order valence-corrected chi connectivity index (χ4v) is 1.87. The van der Waals surface area contributed by atoms with E-state index in [2.05, 4.69) is 5.32 Å². The normalized spacial score (nSPS) is 10.2. The fraction of sp³-hybridized carbons (Fsp3) is 0.200. The highest BCUT2D eigenvalue weighted by Crippen LogP contribution is 2.15. The molecule has 110 valence electrons. The van der Waals surface area contributed by atoms with Crippen LogP contribution in [-0.2, 0) is 11.3 Å². The second-order valence-corrected chi connectivity index (χ2v) is 4.92. The predicted octanol–water partition coefficient (Wildman–Crippen LogP) is 1.14. The molecule has 0 spiro atoms. The predicted molar refractivity (Wildman–Crippen MR) is 84.5 cm³/mol. The van der Waals surface area contributed by atoms with Crippen molar-refractivity contribution in [3.05, 3.63) is 52.9 Å². The monoisotopic (exact) mass is 286 g/mol. The number of carbonyl (C=O) groups excluding carboxylic acids is 1. The van der Waals surface area contributed by atoms with E-state index in [4.69, 9.17) is 5.73 Å². The van der Waals surface area contributed by atoms with E-state index >= 15 is 0 Å². The average Bonchev–Trinajstić information content (AvgIpc) is 2.43. The number of nitrogens with zero attached hydrogens (tertiary/aromatic N) is 2. The Bertz CT molecular complexity index is 690. The van der Waals surface area contributed by atoms with Gasteiger partial charge in [-0.15, -0.1) is 0 Å². The maximum Gasteiger partial charge on any atom is 0.251 e. The Morgan fingerprint density at radius 1 is 1.19 bits per heavy atom. The quantitative estimate of drug-likeness (QED) is 0.883. The third-order valence-corrected chi connectivity index (χ3v) is 2.99. The van der Waals surface area contributed by atoms with Crippen LogP contribution in [0.15, 0.2) is 47.4 Å². The van der Waals surface area contributed by atoms with Crippen molar-refractivity contribution in [3.8, 4) is 0 Å². The van der Waals surface area contributed by atoms with Crippen molar-refractivity contribution in [1.29, 1.82) is 0 Å². The lowest BCUT2D eigenvalue weighted by Crippen LogP contribution is -2.27. The van der Waals surface area contributed by atoms with E-state index in [0.29, 0.717) is 11.4 Å². The first-order valence-electron chi connectivity index (χ1n) is 6.49. The van der Waals surface area contributed by atoms with Crippen LogP contribution in [0.2, 0.25) is 0 Å². The summed E-state index contributed by atoms with van der Waals surface area (Å²) in [6.45, 7) is -0.0701. The number of carbonyl (C=O) groups is 1. The van der Waals surface area contributed by atoms with Gasteiger partial charge in [-0.2, -0.15) is 0 Å². The Balaban J connectivity index is 2.04. The van der Waals surface area contributed by atoms with Crippen molar-refractivity contribution in [2.45, 2.75) is 6.54 Å². The number of nitrogen functional groups attached to an aromatic ring is 1. The molecule has 1 heterocycles. The molecule has 6 heteroatoms. The van der Waals surface area contributed by atoms with Gasteiger partial charge in [0.2, 0.25) is 5.91 Å². The zero-order valence-electron chi connectivity index (χ0n) is 12.0. The Morgan fingerprint density at radius 2 is 1.86 bits per heavy atom. The molecule has 0 saturated heterocycles. The Morgan fingerprint density at radius 3 is 2.48 bits per heavy atom. The number of benzene rings is 1. The van der Waals surface area contributed by atoms with Crippen LogP contribution < -0.4 is 21.5 Å². The van der Waals surface area contributed by atoms with E-state index in [0.717, 1.165) is 5.69 Å². The Hall–Kier alpha value is -2.76. The largest absolute Gasteiger partial charge is 0.398 e. The molecular weight excluding hydrogens is 268 g/mol. The minimum Gasteiger partial charge on any atom is -0.398 e. The van der Waals surface area contributed by atoms with Gasteiger partial charge in [0.15, 0.2) is 0 Å². The van der Waals surface area contributed by atoms with Gasteiger partial charge in [-0.3, -0.25) is 9.59 Å². The Kier molecular flexibility index (Phi) is 4.27. The van der Waals surface area contributed by atoms with Gasteiger partial charge in [0.05, 0.1) is 0 Å². The first kappa shape index (κ1) is 14.6. The highest BCUT2D eigenvalue weighted by molar-refractivity contribution is 5.90. The van der Waals surface area contributed by atoms with Crippen LogP contribution in [0.25, 0.3) is 0 Å². The minimum atomic E-state index is -0.277. The van der Waals surface area contributed by atoms with Gasteiger partial charge in [0.1, 0.15) is 6.54 Å². The first-order valence-corrected chi connectivity index (χ1v) is 6.49. The molecule has 0 aliphatic carbocycles. The number of nitrogens with one attached hydrogen (secondary N) is 1. The topological polar surface area (TPSA) is 80.4 Å². The second kappa shape index (κ2) is 6.13. The molecule has 1 aromatic carbocycles. The molecule has 0 atom stereocenters. The molecule has 1 amide bonds. The summed E-state index contributed by atoms with van der Waals surface area (Å²) in [7, 11) is 3.89. The van der Waals surface area contributed by atoms with Crippen molar-refractivity contribution in [2.75, 3.05) is 30.0 Å². The summed E-state index contributed by atoms with van der Waals surface area (Å²) in [5, 5.41) is 2.75. The number of rotatable bonds is 4. The van der Waals surface area contributed by atoms with Gasteiger partial charge >= 0.3 is 0 Å². The third-order valence-electron chi connectivity index (χ3n) is 2.99. The van der Waals surface area contributed by atoms with Crippen LogP contribution in [0.4, 0.5) is 17.1 Å². The van der Waals surface area contributed by atoms with Crippen molar-refractivity contribution >= 4 is 23.0 Å². The Labute approximate surface area is 122 Å². The molecule has 6 nitrogen and oxygen atoms in total.